The van der Waals surface area contributed by atoms with Gasteiger partial charge >= 0.3 is 0 Å². The van der Waals surface area contributed by atoms with E-state index in [0.717, 1.165) is 6.42 Å². The largest absolute Gasteiger partial charge is 0.409 e. The van der Waals surface area contributed by atoms with Crippen molar-refractivity contribution in [2.45, 2.75) is 39.2 Å². The zero-order chi connectivity index (χ0) is 8.91. The molecular weight excluding hydrogens is 158 g/mol. The summed E-state index contributed by atoms with van der Waals surface area (Å²) < 4.78 is 5.55. The normalized spacial score (nSPS) is 13.8. The lowest BCUT2D eigenvalue weighted by Gasteiger charge is -2.21. The molecular formula is C6H15N3OSi. The van der Waals surface area contributed by atoms with Crippen LogP contribution in [-0.2, 0) is 4.43 Å². The summed E-state index contributed by atoms with van der Waals surface area (Å²) in [6.07, 6.45) is 0.473. The first-order valence-electron chi connectivity index (χ1n) is 3.71. The third-order valence-electron chi connectivity index (χ3n) is 1.02. The molecule has 0 N–H and O–H groups in total. The Morgan fingerprint density at radius 3 is 2.36 bits per heavy atom. The van der Waals surface area contributed by atoms with Gasteiger partial charge in [-0.1, -0.05) is 12.0 Å². The lowest BCUT2D eigenvalue weighted by Crippen LogP contribution is -2.30. The summed E-state index contributed by atoms with van der Waals surface area (Å²) in [6, 6.07) is 0. The Morgan fingerprint density at radius 1 is 1.55 bits per heavy atom. The number of hydrogen-bond donors (Lipinski definition) is 0. The fourth-order valence-corrected chi connectivity index (χ4v) is 1.68. The summed E-state index contributed by atoms with van der Waals surface area (Å²) in [5, 5.41) is 3.52. The maximum atomic E-state index is 8.16. The highest BCUT2D eigenvalue weighted by Crippen LogP contribution is 2.10. The molecule has 0 aromatic heterocycles. The fraction of sp³-hybridized carbons (Fsp3) is 1.00. The highest BCUT2D eigenvalue weighted by Gasteiger charge is 2.18. The molecule has 11 heavy (non-hydrogen) atoms. The third-order valence-corrected chi connectivity index (χ3v) is 2.00. The molecule has 0 heterocycles. The predicted octanol–water partition coefficient (Wildman–Crippen LogP) is 2.88. The van der Waals surface area contributed by atoms with Crippen LogP contribution in [0.25, 0.3) is 10.4 Å². The first-order valence-corrected chi connectivity index (χ1v) is 7.12. The van der Waals surface area contributed by atoms with Gasteiger partial charge in [-0.3, -0.25) is 0 Å². The van der Waals surface area contributed by atoms with Gasteiger partial charge in [-0.05, 0) is 31.6 Å². The average molecular weight is 173 g/mol. The summed E-state index contributed by atoms with van der Waals surface area (Å²) >= 11 is 0. The van der Waals surface area contributed by atoms with Gasteiger partial charge in [0.2, 0.25) is 0 Å². The summed E-state index contributed by atoms with van der Waals surface area (Å²) in [7, 11) is -1.54. The van der Waals surface area contributed by atoms with E-state index in [0.29, 0.717) is 0 Å². The van der Waals surface area contributed by atoms with Crippen molar-refractivity contribution < 1.29 is 4.43 Å². The molecule has 0 bridgehead atoms. The van der Waals surface area contributed by atoms with E-state index in [4.69, 9.17) is 9.96 Å². The molecule has 0 aliphatic heterocycles. The van der Waals surface area contributed by atoms with Crippen LogP contribution in [0.2, 0.25) is 19.6 Å². The Morgan fingerprint density at radius 2 is 2.09 bits per heavy atom. The molecule has 0 radical (unpaired) electrons. The molecule has 0 aliphatic carbocycles. The van der Waals surface area contributed by atoms with Gasteiger partial charge in [-0.2, -0.15) is 0 Å². The van der Waals surface area contributed by atoms with Crippen LogP contribution in [0.1, 0.15) is 13.3 Å². The van der Waals surface area contributed by atoms with Crippen LogP contribution in [0.5, 0.6) is 0 Å². The van der Waals surface area contributed by atoms with Crippen LogP contribution in [0, 0.1) is 0 Å². The van der Waals surface area contributed by atoms with Crippen molar-refractivity contribution in [3.05, 3.63) is 10.4 Å². The maximum Gasteiger partial charge on any atom is 0.184 e. The second kappa shape index (κ2) is 4.38. The second-order valence-electron chi connectivity index (χ2n) is 3.30. The van der Waals surface area contributed by atoms with E-state index in [-0.39, 0.29) is 6.23 Å². The lowest BCUT2D eigenvalue weighted by atomic mass is 10.5. The van der Waals surface area contributed by atoms with Crippen LogP contribution >= 0.6 is 0 Å². The molecule has 1 atom stereocenters. The van der Waals surface area contributed by atoms with Gasteiger partial charge in [-0.15, -0.1) is 0 Å². The monoisotopic (exact) mass is 173 g/mol. The second-order valence-corrected chi connectivity index (χ2v) is 7.76. The van der Waals surface area contributed by atoms with E-state index in [2.05, 4.69) is 29.7 Å². The highest BCUT2D eigenvalue weighted by molar-refractivity contribution is 6.69. The molecule has 4 nitrogen and oxygen atoms in total. The van der Waals surface area contributed by atoms with E-state index in [9.17, 15) is 0 Å². The molecule has 0 amide bonds. The molecule has 0 saturated carbocycles. The van der Waals surface area contributed by atoms with Gasteiger partial charge in [-0.25, -0.2) is 0 Å². The fourth-order valence-electron chi connectivity index (χ4n) is 0.654. The molecule has 0 fully saturated rings. The van der Waals surface area contributed by atoms with Crippen molar-refractivity contribution in [3.63, 3.8) is 0 Å². The van der Waals surface area contributed by atoms with Gasteiger partial charge in [0.05, 0.1) is 0 Å². The molecule has 0 aliphatic rings. The van der Waals surface area contributed by atoms with E-state index in [1.165, 1.54) is 0 Å². The Hall–Kier alpha value is -0.513. The zero-order valence-electron chi connectivity index (χ0n) is 7.53. The van der Waals surface area contributed by atoms with E-state index in [1.807, 2.05) is 6.92 Å². The summed E-state index contributed by atoms with van der Waals surface area (Å²) in [5.74, 6) is 0. The Bertz CT molecular complexity index is 160. The summed E-state index contributed by atoms with van der Waals surface area (Å²) in [6.45, 7) is 8.16. The Kier molecular flexibility index (Phi) is 4.18. The average Bonchev–Trinajstić information content (AvgIpc) is 1.84. The molecule has 0 aromatic rings. The molecule has 64 valence electrons. The number of rotatable bonds is 4. The predicted molar refractivity (Wildman–Crippen MR) is 47.7 cm³/mol. The standard InChI is InChI=1S/C6H15N3OSi/c1-5-6(8-9-7)10-11(2,3)4/h6H,5H2,1-4H3. The molecule has 0 rings (SSSR count). The van der Waals surface area contributed by atoms with Crippen molar-refractivity contribution >= 4 is 8.32 Å². The minimum absolute atomic E-state index is 0.272. The van der Waals surface area contributed by atoms with Gasteiger partial charge in [0.15, 0.2) is 8.32 Å². The van der Waals surface area contributed by atoms with E-state index < -0.39 is 8.32 Å². The SMILES string of the molecule is CCC(N=[N+]=[N-])O[Si](C)(C)C. The first-order chi connectivity index (χ1) is 4.99. The van der Waals surface area contributed by atoms with Gasteiger partial charge in [0, 0.05) is 4.91 Å². The van der Waals surface area contributed by atoms with Crippen molar-refractivity contribution in [1.29, 1.82) is 0 Å². The quantitative estimate of drug-likeness (QED) is 0.279. The summed E-state index contributed by atoms with van der Waals surface area (Å²) in [5.41, 5.74) is 8.16. The van der Waals surface area contributed by atoms with Gasteiger partial charge in [0.25, 0.3) is 0 Å². The number of nitrogens with zero attached hydrogens (tertiary/aromatic N) is 3. The molecule has 1 unspecified atom stereocenters. The van der Waals surface area contributed by atoms with Crippen molar-refractivity contribution in [2.24, 2.45) is 5.11 Å². The topological polar surface area (TPSA) is 58.0 Å². The minimum Gasteiger partial charge on any atom is -0.409 e. The van der Waals surface area contributed by atoms with Crippen molar-refractivity contribution in [3.8, 4) is 0 Å². The van der Waals surface area contributed by atoms with Crippen LogP contribution in [0.4, 0.5) is 0 Å². The van der Waals surface area contributed by atoms with Crippen molar-refractivity contribution in [2.75, 3.05) is 0 Å². The van der Waals surface area contributed by atoms with Gasteiger partial charge < -0.3 is 4.43 Å². The molecule has 0 spiro atoms. The van der Waals surface area contributed by atoms with Crippen LogP contribution in [0.3, 0.4) is 0 Å². The van der Waals surface area contributed by atoms with Crippen LogP contribution in [0.15, 0.2) is 5.11 Å². The first kappa shape index (κ1) is 10.5. The minimum atomic E-state index is -1.54. The van der Waals surface area contributed by atoms with Crippen LogP contribution in [-0.4, -0.2) is 14.5 Å². The van der Waals surface area contributed by atoms with Gasteiger partial charge in [0.1, 0.15) is 6.23 Å². The molecule has 0 saturated heterocycles. The van der Waals surface area contributed by atoms with E-state index in [1.54, 1.807) is 0 Å². The Balaban J connectivity index is 3.98. The summed E-state index contributed by atoms with van der Waals surface area (Å²) in [4.78, 5) is 2.71. The number of azide groups is 1. The highest BCUT2D eigenvalue weighted by atomic mass is 28.4. The lowest BCUT2D eigenvalue weighted by molar-refractivity contribution is 0.197. The third kappa shape index (κ3) is 5.91. The van der Waals surface area contributed by atoms with Crippen molar-refractivity contribution in [1.82, 2.24) is 0 Å². The smallest absolute Gasteiger partial charge is 0.184 e. The number of hydrogen-bond acceptors (Lipinski definition) is 2. The maximum absolute atomic E-state index is 8.16. The zero-order valence-corrected chi connectivity index (χ0v) is 8.53. The molecule has 5 heteroatoms. The Labute approximate surface area is 68.3 Å². The van der Waals surface area contributed by atoms with Crippen LogP contribution < -0.4 is 0 Å². The molecule has 0 aromatic carbocycles. The van der Waals surface area contributed by atoms with E-state index >= 15 is 0 Å².